The van der Waals surface area contributed by atoms with Crippen LogP contribution in [0.25, 0.3) is 11.4 Å². The molecule has 0 radical (unpaired) electrons. The van der Waals surface area contributed by atoms with Crippen molar-refractivity contribution < 1.29 is 56.9 Å². The molecule has 2 aromatic heterocycles. The van der Waals surface area contributed by atoms with Crippen LogP contribution < -0.4 is 5.32 Å². The Balaban J connectivity index is 1.57. The number of alkyl carbamates (subject to hydrolysis) is 1. The van der Waals surface area contributed by atoms with Gasteiger partial charge in [-0.1, -0.05) is 38.8 Å². The Bertz CT molecular complexity index is 1850. The average Bonchev–Trinajstić information content (AvgIpc) is 3.77. The van der Waals surface area contributed by atoms with Gasteiger partial charge in [0.05, 0.1) is 23.9 Å². The molecule has 1 amide bonds. The quantitative estimate of drug-likeness (QED) is 0.234. The first kappa shape index (κ1) is 43.8. The minimum absolute atomic E-state index is 0.0700. The number of cyclic esters (lactones) is 1. The van der Waals surface area contributed by atoms with Crippen LogP contribution in [0.4, 0.5) is 9.18 Å². The van der Waals surface area contributed by atoms with E-state index in [0.29, 0.717) is 17.8 Å². The van der Waals surface area contributed by atoms with Crippen LogP contribution in [-0.4, -0.2) is 129 Å². The molecule has 5 heterocycles. The number of ketones is 2. The van der Waals surface area contributed by atoms with E-state index in [0.717, 1.165) is 6.92 Å². The molecule has 1 unspecified atom stereocenters. The molecule has 16 nitrogen and oxygen atoms in total. The molecule has 3 saturated heterocycles. The first-order valence-electron chi connectivity index (χ1n) is 19.2. The smallest absolute Gasteiger partial charge is 0.408 e. The monoisotopic (exact) mass is 799 g/mol. The number of hydrogen-bond acceptors (Lipinski definition) is 15. The van der Waals surface area contributed by atoms with E-state index in [1.54, 1.807) is 60.0 Å². The fourth-order valence-corrected chi connectivity index (χ4v) is 8.35. The van der Waals surface area contributed by atoms with Crippen molar-refractivity contribution in [1.82, 2.24) is 25.6 Å². The van der Waals surface area contributed by atoms with Gasteiger partial charge >= 0.3 is 12.1 Å². The Morgan fingerprint density at radius 2 is 1.81 bits per heavy atom. The average molecular weight is 800 g/mol. The number of aliphatic hydroxyl groups excluding tert-OH is 1. The van der Waals surface area contributed by atoms with Crippen LogP contribution in [0.15, 0.2) is 28.9 Å². The second-order valence-corrected chi connectivity index (χ2v) is 16.2. The Labute approximate surface area is 331 Å². The van der Waals surface area contributed by atoms with Gasteiger partial charge in [-0.25, -0.2) is 14.0 Å². The van der Waals surface area contributed by atoms with Crippen molar-refractivity contribution in [3.63, 3.8) is 0 Å². The summed E-state index contributed by atoms with van der Waals surface area (Å²) in [5.41, 5.74) is -5.58. The van der Waals surface area contributed by atoms with E-state index in [2.05, 4.69) is 32.5 Å². The third kappa shape index (κ3) is 9.05. The number of rotatable bonds is 7. The SMILES string of the molecule is CC[C@@H]1OC(=O)C(C)(F)C(=O)[C@H](C)[C@@H](O[C@@H]2O[C@H](C)C[C@H](N(C)C)[C@H]2O)[C@@](C)(OCC#Cc2cc(-c3cccnn3)no2)C[C@@H](C)C(=O)[C@@H](C)[C@H]2NC(=O)O[C@]12C. The van der Waals surface area contributed by atoms with Gasteiger partial charge in [0.1, 0.15) is 36.0 Å². The molecule has 312 valence electrons. The van der Waals surface area contributed by atoms with Crippen molar-refractivity contribution in [2.45, 2.75) is 134 Å². The number of nitrogens with one attached hydrogen (secondary N) is 1. The highest BCUT2D eigenvalue weighted by molar-refractivity contribution is 6.08. The Hall–Kier alpha value is -4.34. The maximum atomic E-state index is 16.8. The van der Waals surface area contributed by atoms with Gasteiger partial charge in [0, 0.05) is 36.1 Å². The standard InChI is InChI=1S/C40H54FN5O11/c1-11-29-40(8)32(43-37(51)56-40)23(4)30(47)21(2)20-38(6,52-17-13-14-25-19-27(45-57-25)26-15-12-16-42-44-26)34(24(5)33(49)39(7,41)36(50)54-29)55-35-31(48)28(46(9)10)18-22(3)53-35/h12,15-16,19,21-24,28-29,31-32,34-35,48H,11,17-18,20H2,1-10H3,(H,43,51)/t21-,22-,23-,24+,28+,29+,31-,32-,34-,35+,38+,39?,40-/m1/s1. The lowest BCUT2D eigenvalue weighted by atomic mass is 9.73. The zero-order valence-electron chi connectivity index (χ0n) is 34.1. The van der Waals surface area contributed by atoms with Crippen LogP contribution in [0.5, 0.6) is 0 Å². The number of likely N-dealkylation sites (N-methyl/N-ethyl adjacent to an activating group) is 1. The summed E-state index contributed by atoms with van der Waals surface area (Å²) in [7, 11) is 3.60. The van der Waals surface area contributed by atoms with Gasteiger partial charge in [-0.15, -0.1) is 5.10 Å². The van der Waals surface area contributed by atoms with Gasteiger partial charge in [-0.2, -0.15) is 5.10 Å². The summed E-state index contributed by atoms with van der Waals surface area (Å²) in [4.78, 5) is 57.0. The number of ether oxygens (including phenoxy) is 5. The van der Waals surface area contributed by atoms with Gasteiger partial charge in [0.2, 0.25) is 5.76 Å². The van der Waals surface area contributed by atoms with Crippen LogP contribution >= 0.6 is 0 Å². The predicted molar refractivity (Wildman–Crippen MR) is 200 cm³/mol. The number of aromatic nitrogens is 3. The van der Waals surface area contributed by atoms with Gasteiger partial charge in [0.25, 0.3) is 5.67 Å². The highest BCUT2D eigenvalue weighted by atomic mass is 19.1. The summed E-state index contributed by atoms with van der Waals surface area (Å²) < 4.78 is 52.7. The van der Waals surface area contributed by atoms with E-state index in [1.807, 2.05) is 11.8 Å². The van der Waals surface area contributed by atoms with Crippen LogP contribution in [0, 0.1) is 29.6 Å². The zero-order chi connectivity index (χ0) is 42.0. The molecular weight excluding hydrogens is 745 g/mol. The molecule has 0 bridgehead atoms. The van der Waals surface area contributed by atoms with E-state index in [9.17, 15) is 24.3 Å². The zero-order valence-corrected chi connectivity index (χ0v) is 34.1. The largest absolute Gasteiger partial charge is 0.455 e. The lowest BCUT2D eigenvalue weighted by Crippen LogP contribution is -2.61. The molecule has 0 aliphatic carbocycles. The highest BCUT2D eigenvalue weighted by Gasteiger charge is 2.59. The molecule has 3 aliphatic heterocycles. The summed E-state index contributed by atoms with van der Waals surface area (Å²) in [5, 5.41) is 26.1. The molecule has 0 aromatic carbocycles. The molecule has 5 rings (SSSR count). The van der Waals surface area contributed by atoms with Crippen molar-refractivity contribution in [2.24, 2.45) is 17.8 Å². The van der Waals surface area contributed by atoms with Crippen molar-refractivity contribution in [1.29, 1.82) is 0 Å². The lowest BCUT2D eigenvalue weighted by Gasteiger charge is -2.47. The number of fused-ring (bicyclic) bond motifs is 1. The molecule has 57 heavy (non-hydrogen) atoms. The van der Waals surface area contributed by atoms with Crippen molar-refractivity contribution in [3.05, 3.63) is 30.2 Å². The van der Waals surface area contributed by atoms with E-state index in [-0.39, 0.29) is 31.0 Å². The van der Waals surface area contributed by atoms with Crippen molar-refractivity contribution >= 4 is 23.6 Å². The first-order chi connectivity index (χ1) is 26.7. The molecule has 13 atom stereocenters. The van der Waals surface area contributed by atoms with Crippen LogP contribution in [-0.2, 0) is 38.1 Å². The van der Waals surface area contributed by atoms with E-state index in [4.69, 9.17) is 28.2 Å². The summed E-state index contributed by atoms with van der Waals surface area (Å²) in [6.07, 6.45) is -4.51. The predicted octanol–water partition coefficient (Wildman–Crippen LogP) is 3.44. The highest BCUT2D eigenvalue weighted by Crippen LogP contribution is 2.41. The topological polar surface area (TPSA) is 202 Å². The van der Waals surface area contributed by atoms with E-state index >= 15 is 4.39 Å². The fourth-order valence-electron chi connectivity index (χ4n) is 8.35. The maximum Gasteiger partial charge on any atom is 0.408 e. The maximum absolute atomic E-state index is 16.8. The van der Waals surface area contributed by atoms with Gasteiger partial charge < -0.3 is 43.5 Å². The number of carbonyl (C=O) groups excluding carboxylic acids is 4. The number of hydrogen-bond donors (Lipinski definition) is 2. The summed E-state index contributed by atoms with van der Waals surface area (Å²) in [5.74, 6) is -0.306. The first-order valence-corrected chi connectivity index (χ1v) is 19.2. The van der Waals surface area contributed by atoms with E-state index < -0.39 is 95.3 Å². The molecule has 17 heteroatoms. The minimum atomic E-state index is -3.23. The molecule has 3 aliphatic rings. The molecule has 3 fully saturated rings. The van der Waals surface area contributed by atoms with Crippen LogP contribution in [0.1, 0.15) is 80.4 Å². The second kappa shape index (κ2) is 17.3. The molecular formula is C40H54FN5O11. The van der Waals surface area contributed by atoms with E-state index in [1.165, 1.54) is 20.0 Å². The summed E-state index contributed by atoms with van der Waals surface area (Å²) in [6.45, 7) is 11.7. The third-order valence-electron chi connectivity index (χ3n) is 11.5. The minimum Gasteiger partial charge on any atom is -0.455 e. The number of amides is 1. The fraction of sp³-hybridized carbons (Fsp3) is 0.675. The van der Waals surface area contributed by atoms with Crippen LogP contribution in [0.2, 0.25) is 0 Å². The van der Waals surface area contributed by atoms with Gasteiger partial charge in [-0.05, 0) is 79.1 Å². The molecule has 0 saturated carbocycles. The van der Waals surface area contributed by atoms with Gasteiger partial charge in [-0.3, -0.25) is 9.59 Å². The number of Topliss-reactive ketones (excluding diaryl/α,β-unsaturated/α-hetero) is 2. The second-order valence-electron chi connectivity index (χ2n) is 16.2. The number of aliphatic hydroxyl groups is 1. The van der Waals surface area contributed by atoms with Crippen LogP contribution in [0.3, 0.4) is 0 Å². The van der Waals surface area contributed by atoms with Gasteiger partial charge in [0.15, 0.2) is 17.7 Å². The summed E-state index contributed by atoms with van der Waals surface area (Å²) in [6, 6.07) is 3.57. The Morgan fingerprint density at radius 3 is 2.46 bits per heavy atom. The Morgan fingerprint density at radius 1 is 1.09 bits per heavy atom. The van der Waals surface area contributed by atoms with Crippen molar-refractivity contribution in [2.75, 3.05) is 20.7 Å². The molecule has 2 aromatic rings. The molecule has 0 spiro atoms. The normalized spacial score (nSPS) is 38.0. The number of halogens is 1. The lowest BCUT2D eigenvalue weighted by molar-refractivity contribution is -0.296. The summed E-state index contributed by atoms with van der Waals surface area (Å²) >= 11 is 0. The van der Waals surface area contributed by atoms with Crippen molar-refractivity contribution in [3.8, 4) is 23.2 Å². The number of carbonyl (C=O) groups is 4. The number of alkyl halides is 1. The Kier molecular flexibility index (Phi) is 13.3. The number of nitrogens with zero attached hydrogens (tertiary/aromatic N) is 4. The molecule has 2 N–H and O–H groups in total. The number of esters is 1. The third-order valence-corrected chi connectivity index (χ3v) is 11.5.